The summed E-state index contributed by atoms with van der Waals surface area (Å²) in [4.78, 5) is 0. The maximum atomic E-state index is 9.55. The molecule has 18 heavy (non-hydrogen) atoms. The highest BCUT2D eigenvalue weighted by Crippen LogP contribution is 2.44. The van der Waals surface area contributed by atoms with Gasteiger partial charge in [0.05, 0.1) is 17.6 Å². The fourth-order valence-electron chi connectivity index (χ4n) is 3.59. The fraction of sp³-hybridized carbons (Fsp3) is 0.938. The van der Waals surface area contributed by atoms with Crippen LogP contribution in [0.4, 0.5) is 0 Å². The third-order valence-corrected chi connectivity index (χ3v) is 5.14. The molecular formula is C16H27NO. The van der Waals surface area contributed by atoms with Crippen molar-refractivity contribution < 1.29 is 4.74 Å². The molecule has 0 radical (unpaired) electrons. The van der Waals surface area contributed by atoms with Gasteiger partial charge in [-0.15, -0.1) is 0 Å². The Labute approximate surface area is 112 Å². The third-order valence-electron chi connectivity index (χ3n) is 5.14. The van der Waals surface area contributed by atoms with Gasteiger partial charge in [-0.05, 0) is 63.2 Å². The summed E-state index contributed by atoms with van der Waals surface area (Å²) in [6, 6.07) is 2.65. The minimum absolute atomic E-state index is 0.0304. The Morgan fingerprint density at radius 3 is 2.50 bits per heavy atom. The molecule has 1 aliphatic carbocycles. The van der Waals surface area contributed by atoms with E-state index in [9.17, 15) is 5.26 Å². The van der Waals surface area contributed by atoms with E-state index in [0.29, 0.717) is 6.10 Å². The van der Waals surface area contributed by atoms with E-state index in [1.165, 1.54) is 25.7 Å². The van der Waals surface area contributed by atoms with Gasteiger partial charge in [-0.2, -0.15) is 5.26 Å². The van der Waals surface area contributed by atoms with Gasteiger partial charge in [0.2, 0.25) is 0 Å². The van der Waals surface area contributed by atoms with E-state index in [2.05, 4.69) is 19.9 Å². The van der Waals surface area contributed by atoms with Gasteiger partial charge in [0, 0.05) is 6.61 Å². The van der Waals surface area contributed by atoms with Crippen LogP contribution in [-0.2, 0) is 4.74 Å². The molecule has 1 atom stereocenters. The first-order chi connectivity index (χ1) is 8.65. The standard InChI is InChI=1S/C16H27NO/c1-13(2)14-5-8-16(12-17,9-6-14)10-7-15-4-3-11-18-15/h13-15H,3-11H2,1-2H3. The fourth-order valence-corrected chi connectivity index (χ4v) is 3.59. The second kappa shape index (κ2) is 6.06. The monoisotopic (exact) mass is 249 g/mol. The Balaban J connectivity index is 1.82. The molecule has 2 aliphatic rings. The minimum Gasteiger partial charge on any atom is -0.378 e. The summed E-state index contributed by atoms with van der Waals surface area (Å²) < 4.78 is 5.68. The van der Waals surface area contributed by atoms with Crippen LogP contribution in [-0.4, -0.2) is 12.7 Å². The van der Waals surface area contributed by atoms with Crippen LogP contribution in [0.1, 0.15) is 65.2 Å². The number of hydrogen-bond acceptors (Lipinski definition) is 2. The van der Waals surface area contributed by atoms with E-state index in [-0.39, 0.29) is 5.41 Å². The second-order valence-electron chi connectivity index (χ2n) is 6.65. The highest BCUT2D eigenvalue weighted by Gasteiger charge is 2.36. The largest absolute Gasteiger partial charge is 0.378 e. The molecule has 0 aromatic heterocycles. The van der Waals surface area contributed by atoms with Crippen molar-refractivity contribution in [1.82, 2.24) is 0 Å². The van der Waals surface area contributed by atoms with E-state index in [1.54, 1.807) is 0 Å². The highest BCUT2D eigenvalue weighted by atomic mass is 16.5. The van der Waals surface area contributed by atoms with Gasteiger partial charge in [0.25, 0.3) is 0 Å². The van der Waals surface area contributed by atoms with Gasteiger partial charge in [-0.3, -0.25) is 0 Å². The van der Waals surface area contributed by atoms with Crippen LogP contribution in [0, 0.1) is 28.6 Å². The molecule has 0 bridgehead atoms. The molecule has 1 heterocycles. The Kier molecular flexibility index (Phi) is 4.67. The quantitative estimate of drug-likeness (QED) is 0.744. The minimum atomic E-state index is -0.0304. The average Bonchev–Trinajstić information content (AvgIpc) is 2.90. The summed E-state index contributed by atoms with van der Waals surface area (Å²) in [6.07, 6.45) is 9.72. The normalized spacial score (nSPS) is 36.8. The predicted octanol–water partition coefficient (Wildman–Crippen LogP) is 4.30. The molecular weight excluding hydrogens is 222 g/mol. The Morgan fingerprint density at radius 2 is 2.00 bits per heavy atom. The molecule has 0 aromatic rings. The molecule has 1 saturated carbocycles. The zero-order valence-electron chi connectivity index (χ0n) is 12.0. The number of hydrogen-bond donors (Lipinski definition) is 0. The van der Waals surface area contributed by atoms with Gasteiger partial charge in [0.15, 0.2) is 0 Å². The first kappa shape index (κ1) is 13.9. The number of rotatable bonds is 4. The molecule has 0 amide bonds. The van der Waals surface area contributed by atoms with Crippen LogP contribution in [0.2, 0.25) is 0 Å². The van der Waals surface area contributed by atoms with Crippen LogP contribution in [0.15, 0.2) is 0 Å². The average molecular weight is 249 g/mol. The van der Waals surface area contributed by atoms with Gasteiger partial charge in [0.1, 0.15) is 0 Å². The molecule has 2 fully saturated rings. The smallest absolute Gasteiger partial charge is 0.0689 e. The Hall–Kier alpha value is -0.550. The first-order valence-electron chi connectivity index (χ1n) is 7.68. The summed E-state index contributed by atoms with van der Waals surface area (Å²) in [6.45, 7) is 5.56. The lowest BCUT2D eigenvalue weighted by Gasteiger charge is -2.37. The molecule has 0 aromatic carbocycles. The molecule has 2 rings (SSSR count). The second-order valence-corrected chi connectivity index (χ2v) is 6.65. The van der Waals surface area contributed by atoms with Crippen LogP contribution in [0.25, 0.3) is 0 Å². The SMILES string of the molecule is CC(C)C1CCC(C#N)(CCC2CCCO2)CC1. The maximum Gasteiger partial charge on any atom is 0.0689 e. The van der Waals surface area contributed by atoms with E-state index in [1.807, 2.05) is 0 Å². The molecule has 0 N–H and O–H groups in total. The van der Waals surface area contributed by atoms with Gasteiger partial charge in [-0.1, -0.05) is 13.8 Å². The zero-order valence-corrected chi connectivity index (χ0v) is 12.0. The van der Waals surface area contributed by atoms with Crippen molar-refractivity contribution in [3.63, 3.8) is 0 Å². The Bertz CT molecular complexity index is 291. The van der Waals surface area contributed by atoms with Crippen molar-refractivity contribution in [2.24, 2.45) is 17.3 Å². The molecule has 102 valence electrons. The molecule has 0 spiro atoms. The number of nitrogens with zero attached hydrogens (tertiary/aromatic N) is 1. The van der Waals surface area contributed by atoms with Crippen molar-refractivity contribution in [1.29, 1.82) is 5.26 Å². The lowest BCUT2D eigenvalue weighted by molar-refractivity contribution is 0.0826. The molecule has 2 heteroatoms. The van der Waals surface area contributed by atoms with Crippen LogP contribution >= 0.6 is 0 Å². The maximum absolute atomic E-state index is 9.55. The first-order valence-corrected chi connectivity index (χ1v) is 7.68. The summed E-state index contributed by atoms with van der Waals surface area (Å²) in [7, 11) is 0. The van der Waals surface area contributed by atoms with Crippen molar-refractivity contribution in [2.45, 2.75) is 71.3 Å². The lowest BCUT2D eigenvalue weighted by atomic mass is 9.66. The van der Waals surface area contributed by atoms with Crippen molar-refractivity contribution >= 4 is 0 Å². The van der Waals surface area contributed by atoms with E-state index < -0.39 is 0 Å². The molecule has 1 saturated heterocycles. The highest BCUT2D eigenvalue weighted by molar-refractivity contribution is 5.02. The van der Waals surface area contributed by atoms with Crippen molar-refractivity contribution in [3.8, 4) is 6.07 Å². The summed E-state index contributed by atoms with van der Waals surface area (Å²) >= 11 is 0. The van der Waals surface area contributed by atoms with E-state index in [4.69, 9.17) is 4.74 Å². The Morgan fingerprint density at radius 1 is 1.28 bits per heavy atom. The predicted molar refractivity (Wildman–Crippen MR) is 73.1 cm³/mol. The van der Waals surface area contributed by atoms with Crippen LogP contribution in [0.3, 0.4) is 0 Å². The van der Waals surface area contributed by atoms with Crippen molar-refractivity contribution in [3.05, 3.63) is 0 Å². The lowest BCUT2D eigenvalue weighted by Crippen LogP contribution is -2.29. The number of nitriles is 1. The van der Waals surface area contributed by atoms with E-state index >= 15 is 0 Å². The van der Waals surface area contributed by atoms with Gasteiger partial charge >= 0.3 is 0 Å². The molecule has 2 nitrogen and oxygen atoms in total. The van der Waals surface area contributed by atoms with Crippen molar-refractivity contribution in [2.75, 3.05) is 6.61 Å². The third kappa shape index (κ3) is 3.26. The molecule has 1 unspecified atom stereocenters. The zero-order chi connectivity index (χ0) is 13.0. The van der Waals surface area contributed by atoms with E-state index in [0.717, 1.165) is 44.1 Å². The van der Waals surface area contributed by atoms with Gasteiger partial charge in [-0.25, -0.2) is 0 Å². The summed E-state index contributed by atoms with van der Waals surface area (Å²) in [5.41, 5.74) is -0.0304. The van der Waals surface area contributed by atoms with Gasteiger partial charge < -0.3 is 4.74 Å². The number of ether oxygens (including phenoxy) is 1. The van der Waals surface area contributed by atoms with Crippen LogP contribution in [0.5, 0.6) is 0 Å². The topological polar surface area (TPSA) is 33.0 Å². The summed E-state index contributed by atoms with van der Waals surface area (Å²) in [5, 5.41) is 9.55. The van der Waals surface area contributed by atoms with Crippen LogP contribution < -0.4 is 0 Å². The molecule has 1 aliphatic heterocycles. The summed E-state index contributed by atoms with van der Waals surface area (Å²) in [5.74, 6) is 1.62.